The van der Waals surface area contributed by atoms with E-state index in [4.69, 9.17) is 25.8 Å². The highest BCUT2D eigenvalue weighted by Gasteiger charge is 2.29. The molecule has 0 saturated heterocycles. The van der Waals surface area contributed by atoms with E-state index in [0.717, 1.165) is 0 Å². The molecular formula is C17H10ClNO6. The van der Waals surface area contributed by atoms with E-state index in [0.29, 0.717) is 33.4 Å². The van der Waals surface area contributed by atoms with Gasteiger partial charge >= 0.3 is 0 Å². The van der Waals surface area contributed by atoms with Crippen molar-refractivity contribution in [3.05, 3.63) is 46.0 Å². The van der Waals surface area contributed by atoms with Crippen molar-refractivity contribution in [3.63, 3.8) is 0 Å². The minimum absolute atomic E-state index is 0.00247. The first kappa shape index (κ1) is 15.5. The van der Waals surface area contributed by atoms with Gasteiger partial charge in [-0.05, 0) is 29.1 Å². The molecule has 0 fully saturated rings. The number of ether oxygens (including phenoxy) is 3. The van der Waals surface area contributed by atoms with Crippen LogP contribution in [0.3, 0.4) is 0 Å². The summed E-state index contributed by atoms with van der Waals surface area (Å²) in [5.41, 5.74) is -0.258. The molecule has 0 bridgehead atoms. The van der Waals surface area contributed by atoms with Crippen LogP contribution < -0.4 is 14.2 Å². The summed E-state index contributed by atoms with van der Waals surface area (Å²) in [6, 6.07) is 7.98. The van der Waals surface area contributed by atoms with E-state index in [9.17, 15) is 14.9 Å². The number of carbonyl (C=O) groups is 1. The number of nitrogens with zero attached hydrogens (tertiary/aromatic N) is 1. The molecule has 0 saturated carbocycles. The average Bonchev–Trinajstić information content (AvgIpc) is 3.07. The zero-order valence-corrected chi connectivity index (χ0v) is 13.6. The fourth-order valence-corrected chi connectivity index (χ4v) is 3.31. The summed E-state index contributed by atoms with van der Waals surface area (Å²) in [5.74, 6) is 1.14. The lowest BCUT2D eigenvalue weighted by atomic mass is 9.95. The van der Waals surface area contributed by atoms with Gasteiger partial charge in [-0.2, -0.15) is 0 Å². The predicted molar refractivity (Wildman–Crippen MR) is 91.0 cm³/mol. The highest BCUT2D eigenvalue weighted by Crippen LogP contribution is 2.49. The van der Waals surface area contributed by atoms with E-state index in [1.807, 2.05) is 0 Å². The summed E-state index contributed by atoms with van der Waals surface area (Å²) in [5, 5.41) is 12.6. The number of methoxy groups -OCH3 is 1. The predicted octanol–water partition coefficient (Wildman–Crippen LogP) is 4.02. The largest absolute Gasteiger partial charge is 0.496 e. The minimum Gasteiger partial charge on any atom is -0.496 e. The van der Waals surface area contributed by atoms with Crippen molar-refractivity contribution in [1.29, 1.82) is 0 Å². The van der Waals surface area contributed by atoms with Crippen LogP contribution >= 0.6 is 11.6 Å². The van der Waals surface area contributed by atoms with E-state index in [2.05, 4.69) is 0 Å². The van der Waals surface area contributed by atoms with Crippen molar-refractivity contribution in [1.82, 2.24) is 0 Å². The van der Waals surface area contributed by atoms with Crippen molar-refractivity contribution in [2.24, 2.45) is 0 Å². The summed E-state index contributed by atoms with van der Waals surface area (Å²) in [7, 11) is 1.48. The Morgan fingerprint density at radius 2 is 2.04 bits per heavy atom. The molecule has 3 aromatic carbocycles. The third-order valence-corrected chi connectivity index (χ3v) is 4.37. The van der Waals surface area contributed by atoms with Gasteiger partial charge in [0.05, 0.1) is 23.0 Å². The van der Waals surface area contributed by atoms with Crippen molar-refractivity contribution < 1.29 is 23.9 Å². The maximum absolute atomic E-state index is 11.9. The van der Waals surface area contributed by atoms with Crippen LogP contribution in [-0.2, 0) is 0 Å². The normalized spacial score (nSPS) is 12.6. The highest BCUT2D eigenvalue weighted by molar-refractivity contribution is 6.69. The molecule has 0 radical (unpaired) electrons. The van der Waals surface area contributed by atoms with E-state index in [1.165, 1.54) is 19.2 Å². The number of rotatable bonds is 3. The first-order chi connectivity index (χ1) is 12.0. The van der Waals surface area contributed by atoms with Crippen LogP contribution in [0.2, 0.25) is 0 Å². The smallest absolute Gasteiger partial charge is 0.278 e. The number of hydrogen-bond acceptors (Lipinski definition) is 6. The van der Waals surface area contributed by atoms with Crippen molar-refractivity contribution in [2.75, 3.05) is 13.9 Å². The average molecular weight is 360 g/mol. The lowest BCUT2D eigenvalue weighted by molar-refractivity contribution is -0.382. The number of fused-ring (bicyclic) bond motifs is 5. The van der Waals surface area contributed by atoms with E-state index < -0.39 is 10.2 Å². The number of nitro benzene ring substituents is 1. The second kappa shape index (κ2) is 5.49. The van der Waals surface area contributed by atoms with Gasteiger partial charge in [-0.1, -0.05) is 12.1 Å². The van der Waals surface area contributed by atoms with Gasteiger partial charge in [0.2, 0.25) is 6.79 Å². The van der Waals surface area contributed by atoms with Gasteiger partial charge in [-0.15, -0.1) is 0 Å². The molecule has 1 heterocycles. The fourth-order valence-electron chi connectivity index (χ4n) is 3.16. The van der Waals surface area contributed by atoms with Crippen LogP contribution in [0.5, 0.6) is 17.2 Å². The quantitative estimate of drug-likeness (QED) is 0.304. The molecule has 0 aliphatic carbocycles. The molecule has 0 aromatic heterocycles. The SMILES string of the molecule is COc1cccc2c1cc([N+](=O)[O-])c1c(C(=O)Cl)cc3c(c12)OCO3. The van der Waals surface area contributed by atoms with Gasteiger partial charge in [0.1, 0.15) is 5.75 Å². The minimum atomic E-state index is -0.811. The van der Waals surface area contributed by atoms with Crippen molar-refractivity contribution in [3.8, 4) is 17.2 Å². The zero-order chi connectivity index (χ0) is 17.7. The highest BCUT2D eigenvalue weighted by atomic mass is 35.5. The molecule has 1 aliphatic heterocycles. The van der Waals surface area contributed by atoms with Crippen molar-refractivity contribution >= 4 is 44.1 Å². The summed E-state index contributed by atoms with van der Waals surface area (Å²) in [6.45, 7) is -0.0431. The topological polar surface area (TPSA) is 87.9 Å². The molecule has 0 amide bonds. The van der Waals surface area contributed by atoms with Crippen LogP contribution in [0.4, 0.5) is 5.69 Å². The van der Waals surface area contributed by atoms with Gasteiger partial charge in [0.25, 0.3) is 10.9 Å². The maximum Gasteiger partial charge on any atom is 0.278 e. The summed E-state index contributed by atoms with van der Waals surface area (Å²) < 4.78 is 16.2. The standard InChI is InChI=1S/C17H10ClNO6/c1-23-12-4-2-3-8-9(12)5-11(19(21)22)14-10(17(18)20)6-13-16(15(8)14)25-7-24-13/h2-6H,7H2,1H3. The Balaban J connectivity index is 2.34. The Morgan fingerprint density at radius 1 is 1.24 bits per heavy atom. The van der Waals surface area contributed by atoms with E-state index in [-0.39, 0.29) is 23.4 Å². The summed E-state index contributed by atoms with van der Waals surface area (Å²) in [4.78, 5) is 23.0. The lowest BCUT2D eigenvalue weighted by Gasteiger charge is -2.12. The Bertz CT molecular complexity index is 1080. The van der Waals surface area contributed by atoms with Gasteiger partial charge in [0, 0.05) is 16.8 Å². The molecule has 0 spiro atoms. The molecule has 126 valence electrons. The number of halogens is 1. The molecule has 4 rings (SSSR count). The monoisotopic (exact) mass is 359 g/mol. The van der Waals surface area contributed by atoms with Gasteiger partial charge in [-0.3, -0.25) is 14.9 Å². The van der Waals surface area contributed by atoms with E-state index in [1.54, 1.807) is 18.2 Å². The summed E-state index contributed by atoms with van der Waals surface area (Å²) >= 11 is 5.69. The molecule has 0 atom stereocenters. The molecule has 1 aliphatic rings. The second-order valence-electron chi connectivity index (χ2n) is 5.39. The molecule has 3 aromatic rings. The first-order valence-electron chi connectivity index (χ1n) is 7.23. The Kier molecular flexibility index (Phi) is 3.40. The number of hydrogen-bond donors (Lipinski definition) is 0. The van der Waals surface area contributed by atoms with Crippen LogP contribution in [0.1, 0.15) is 10.4 Å². The maximum atomic E-state index is 11.9. The number of non-ortho nitro benzene ring substituents is 1. The second-order valence-corrected chi connectivity index (χ2v) is 5.73. The van der Waals surface area contributed by atoms with E-state index >= 15 is 0 Å². The number of nitro groups is 1. The Labute approximate surface area is 145 Å². The molecule has 8 heteroatoms. The van der Waals surface area contributed by atoms with Crippen LogP contribution in [0.15, 0.2) is 30.3 Å². The molecular weight excluding hydrogens is 350 g/mol. The Hall–Kier alpha value is -3.06. The van der Waals surface area contributed by atoms with Crippen LogP contribution in [0.25, 0.3) is 21.5 Å². The summed E-state index contributed by atoms with van der Waals surface area (Å²) in [6.07, 6.45) is 0. The molecule has 0 N–H and O–H groups in total. The zero-order valence-electron chi connectivity index (χ0n) is 12.9. The van der Waals surface area contributed by atoms with Crippen molar-refractivity contribution in [2.45, 2.75) is 0 Å². The third kappa shape index (κ3) is 2.16. The lowest BCUT2D eigenvalue weighted by Crippen LogP contribution is -1.99. The molecule has 0 unspecified atom stereocenters. The van der Waals surface area contributed by atoms with Crippen LogP contribution in [-0.4, -0.2) is 24.1 Å². The Morgan fingerprint density at radius 3 is 2.72 bits per heavy atom. The number of benzene rings is 3. The van der Waals surface area contributed by atoms with Crippen LogP contribution in [0, 0.1) is 10.1 Å². The third-order valence-electron chi connectivity index (χ3n) is 4.16. The molecule has 7 nitrogen and oxygen atoms in total. The number of carbonyl (C=O) groups excluding carboxylic acids is 1. The van der Waals surface area contributed by atoms with Gasteiger partial charge in [0.15, 0.2) is 11.5 Å². The first-order valence-corrected chi connectivity index (χ1v) is 7.61. The van der Waals surface area contributed by atoms with Gasteiger partial charge < -0.3 is 14.2 Å². The van der Waals surface area contributed by atoms with Gasteiger partial charge in [-0.25, -0.2) is 0 Å². The molecule has 25 heavy (non-hydrogen) atoms. The fraction of sp³-hybridized carbons (Fsp3) is 0.118.